The van der Waals surface area contributed by atoms with Gasteiger partial charge in [-0.15, -0.1) is 13.2 Å². The molecule has 0 spiro atoms. The van der Waals surface area contributed by atoms with E-state index in [0.29, 0.717) is 12.1 Å². The summed E-state index contributed by atoms with van der Waals surface area (Å²) in [5, 5.41) is 8.65. The minimum absolute atomic E-state index is 0.348. The van der Waals surface area contributed by atoms with E-state index in [1.54, 1.807) is 0 Å². The number of hydrogen-bond donors (Lipinski definition) is 0. The molecular formula is C10H5F4NO3. The Morgan fingerprint density at radius 1 is 1.39 bits per heavy atom. The summed E-state index contributed by atoms with van der Waals surface area (Å²) in [6, 6.07) is 2.34. The topological polar surface area (TPSA) is 59.3 Å². The van der Waals surface area contributed by atoms with E-state index < -0.39 is 35.0 Å². The van der Waals surface area contributed by atoms with Gasteiger partial charge in [0.1, 0.15) is 23.2 Å². The van der Waals surface area contributed by atoms with Gasteiger partial charge in [0, 0.05) is 6.07 Å². The van der Waals surface area contributed by atoms with Crippen LogP contribution in [0.5, 0.6) is 5.75 Å². The van der Waals surface area contributed by atoms with Gasteiger partial charge in [-0.2, -0.15) is 5.26 Å². The van der Waals surface area contributed by atoms with Gasteiger partial charge in [-0.3, -0.25) is 0 Å². The van der Waals surface area contributed by atoms with Crippen LogP contribution in [-0.4, -0.2) is 19.4 Å². The molecule has 0 bridgehead atoms. The number of ether oxygens (including phenoxy) is 2. The summed E-state index contributed by atoms with van der Waals surface area (Å²) in [5.41, 5.74) is -1.35. The van der Waals surface area contributed by atoms with Crippen molar-refractivity contribution in [2.75, 3.05) is 7.11 Å². The van der Waals surface area contributed by atoms with Crippen LogP contribution in [0.2, 0.25) is 0 Å². The number of nitrogens with zero attached hydrogens (tertiary/aromatic N) is 1. The lowest BCUT2D eigenvalue weighted by molar-refractivity contribution is -0.274. The number of rotatable bonds is 2. The molecule has 0 radical (unpaired) electrons. The summed E-state index contributed by atoms with van der Waals surface area (Å²) in [5.74, 6) is -3.42. The highest BCUT2D eigenvalue weighted by Gasteiger charge is 2.32. The Morgan fingerprint density at radius 3 is 2.44 bits per heavy atom. The number of nitriles is 1. The molecule has 18 heavy (non-hydrogen) atoms. The smallest absolute Gasteiger partial charge is 0.465 e. The number of alkyl halides is 3. The van der Waals surface area contributed by atoms with E-state index >= 15 is 0 Å². The third-order valence-corrected chi connectivity index (χ3v) is 1.81. The van der Waals surface area contributed by atoms with Crippen LogP contribution in [-0.2, 0) is 4.74 Å². The second-order valence-corrected chi connectivity index (χ2v) is 2.98. The molecule has 0 atom stereocenters. The van der Waals surface area contributed by atoms with Crippen LogP contribution < -0.4 is 4.74 Å². The number of carbonyl (C=O) groups excluding carboxylic acids is 1. The third-order valence-electron chi connectivity index (χ3n) is 1.81. The van der Waals surface area contributed by atoms with E-state index in [0.717, 1.165) is 7.11 Å². The number of hydrogen-bond acceptors (Lipinski definition) is 4. The molecule has 1 aromatic rings. The molecule has 8 heteroatoms. The highest BCUT2D eigenvalue weighted by Crippen LogP contribution is 2.27. The standard InChI is InChI=1S/C10H5F4NO3/c1-17-9(16)8-5(4-15)2-6(3-7(8)11)18-10(12,13)14/h2-3H,1H3. The first-order chi connectivity index (χ1) is 8.28. The Hall–Kier alpha value is -2.30. The summed E-state index contributed by atoms with van der Waals surface area (Å²) in [6.07, 6.45) is -5.02. The molecule has 0 fully saturated rings. The van der Waals surface area contributed by atoms with E-state index in [1.165, 1.54) is 6.07 Å². The van der Waals surface area contributed by atoms with Crippen LogP contribution in [0.1, 0.15) is 15.9 Å². The van der Waals surface area contributed by atoms with E-state index in [1.807, 2.05) is 0 Å². The molecule has 0 amide bonds. The van der Waals surface area contributed by atoms with Crippen molar-refractivity contribution in [3.8, 4) is 11.8 Å². The maximum Gasteiger partial charge on any atom is 0.573 e. The van der Waals surface area contributed by atoms with Crippen molar-refractivity contribution in [3.05, 3.63) is 29.1 Å². The number of benzene rings is 1. The van der Waals surface area contributed by atoms with Crippen molar-refractivity contribution in [2.45, 2.75) is 6.36 Å². The van der Waals surface area contributed by atoms with Gasteiger partial charge in [-0.25, -0.2) is 9.18 Å². The molecule has 96 valence electrons. The Balaban J connectivity index is 3.29. The average molecular weight is 263 g/mol. The highest BCUT2D eigenvalue weighted by molar-refractivity contribution is 5.92. The molecule has 0 saturated carbocycles. The summed E-state index contributed by atoms with van der Waals surface area (Å²) >= 11 is 0. The van der Waals surface area contributed by atoms with Crippen LogP contribution in [0.4, 0.5) is 17.6 Å². The number of methoxy groups -OCH3 is 1. The van der Waals surface area contributed by atoms with Crippen LogP contribution in [0, 0.1) is 17.1 Å². The zero-order chi connectivity index (χ0) is 13.9. The van der Waals surface area contributed by atoms with Gasteiger partial charge in [0.05, 0.1) is 12.7 Å². The molecule has 4 nitrogen and oxygen atoms in total. The molecule has 0 unspecified atom stereocenters. The lowest BCUT2D eigenvalue weighted by atomic mass is 10.1. The largest absolute Gasteiger partial charge is 0.573 e. The summed E-state index contributed by atoms with van der Waals surface area (Å²) in [7, 11) is 0.947. The van der Waals surface area contributed by atoms with Crippen LogP contribution in [0.15, 0.2) is 12.1 Å². The van der Waals surface area contributed by atoms with Crippen LogP contribution >= 0.6 is 0 Å². The van der Waals surface area contributed by atoms with E-state index in [2.05, 4.69) is 9.47 Å². The third kappa shape index (κ3) is 3.10. The van der Waals surface area contributed by atoms with Gasteiger partial charge in [0.25, 0.3) is 0 Å². The first-order valence-electron chi connectivity index (χ1n) is 4.36. The Labute approximate surface area is 98.3 Å². The lowest BCUT2D eigenvalue weighted by Crippen LogP contribution is -2.18. The summed E-state index contributed by atoms with van der Waals surface area (Å²) < 4.78 is 56.8. The van der Waals surface area contributed by atoms with Crippen LogP contribution in [0.25, 0.3) is 0 Å². The minimum atomic E-state index is -5.02. The number of esters is 1. The second kappa shape index (κ2) is 4.91. The minimum Gasteiger partial charge on any atom is -0.465 e. The van der Waals surface area contributed by atoms with Crippen molar-refractivity contribution in [2.24, 2.45) is 0 Å². The molecule has 0 saturated heterocycles. The highest BCUT2D eigenvalue weighted by atomic mass is 19.4. The maximum absolute atomic E-state index is 13.4. The predicted octanol–water partition coefficient (Wildman–Crippen LogP) is 2.38. The molecule has 1 aromatic carbocycles. The molecule has 0 aliphatic rings. The molecule has 0 heterocycles. The fourth-order valence-corrected chi connectivity index (χ4v) is 1.17. The molecular weight excluding hydrogens is 258 g/mol. The van der Waals surface area contributed by atoms with E-state index in [9.17, 15) is 22.4 Å². The number of carbonyl (C=O) groups is 1. The Morgan fingerprint density at radius 2 is 2.00 bits per heavy atom. The normalized spacial score (nSPS) is 10.7. The average Bonchev–Trinajstić information content (AvgIpc) is 2.24. The van der Waals surface area contributed by atoms with E-state index in [-0.39, 0.29) is 0 Å². The SMILES string of the molecule is COC(=O)c1c(F)cc(OC(F)(F)F)cc1C#N. The molecule has 0 aliphatic carbocycles. The van der Waals surface area contributed by atoms with Crippen molar-refractivity contribution >= 4 is 5.97 Å². The fourth-order valence-electron chi connectivity index (χ4n) is 1.17. The Bertz CT molecular complexity index is 519. The second-order valence-electron chi connectivity index (χ2n) is 2.98. The first-order valence-corrected chi connectivity index (χ1v) is 4.36. The molecule has 1 rings (SSSR count). The summed E-state index contributed by atoms with van der Waals surface area (Å²) in [4.78, 5) is 11.1. The Kier molecular flexibility index (Phi) is 3.76. The van der Waals surface area contributed by atoms with Crippen LogP contribution in [0.3, 0.4) is 0 Å². The molecule has 0 N–H and O–H groups in total. The van der Waals surface area contributed by atoms with Crippen molar-refractivity contribution < 1.29 is 31.8 Å². The monoisotopic (exact) mass is 263 g/mol. The van der Waals surface area contributed by atoms with Crippen molar-refractivity contribution in [1.29, 1.82) is 5.26 Å². The zero-order valence-electron chi connectivity index (χ0n) is 8.84. The molecule has 0 aromatic heterocycles. The number of halogens is 4. The van der Waals surface area contributed by atoms with E-state index in [4.69, 9.17) is 5.26 Å². The predicted molar refractivity (Wildman–Crippen MR) is 49.1 cm³/mol. The zero-order valence-corrected chi connectivity index (χ0v) is 8.84. The quantitative estimate of drug-likeness (QED) is 0.607. The van der Waals surface area contributed by atoms with Gasteiger partial charge < -0.3 is 9.47 Å². The van der Waals surface area contributed by atoms with Gasteiger partial charge in [-0.05, 0) is 6.07 Å². The van der Waals surface area contributed by atoms with Crippen molar-refractivity contribution in [3.63, 3.8) is 0 Å². The van der Waals surface area contributed by atoms with Gasteiger partial charge in [0.15, 0.2) is 0 Å². The lowest BCUT2D eigenvalue weighted by Gasteiger charge is -2.10. The van der Waals surface area contributed by atoms with Gasteiger partial charge in [0.2, 0.25) is 0 Å². The van der Waals surface area contributed by atoms with Gasteiger partial charge in [-0.1, -0.05) is 0 Å². The molecule has 0 aliphatic heterocycles. The fraction of sp³-hybridized carbons (Fsp3) is 0.200. The van der Waals surface area contributed by atoms with Gasteiger partial charge >= 0.3 is 12.3 Å². The maximum atomic E-state index is 13.4. The van der Waals surface area contributed by atoms with Crippen molar-refractivity contribution in [1.82, 2.24) is 0 Å². The first kappa shape index (κ1) is 13.8. The summed E-state index contributed by atoms with van der Waals surface area (Å²) in [6.45, 7) is 0.